The van der Waals surface area contributed by atoms with Gasteiger partial charge in [-0.1, -0.05) is 16.8 Å². The van der Waals surface area contributed by atoms with Gasteiger partial charge >= 0.3 is 5.97 Å². The zero-order valence-corrected chi connectivity index (χ0v) is 17.5. The zero-order chi connectivity index (χ0) is 22.3. The van der Waals surface area contributed by atoms with Crippen LogP contribution < -0.4 is 5.32 Å². The van der Waals surface area contributed by atoms with Gasteiger partial charge in [-0.3, -0.25) is 14.5 Å². The largest absolute Gasteiger partial charge is 0.504 e. The van der Waals surface area contributed by atoms with Gasteiger partial charge in [-0.05, 0) is 12.1 Å². The lowest BCUT2D eigenvalue weighted by Crippen LogP contribution is -2.54. The van der Waals surface area contributed by atoms with Gasteiger partial charge < -0.3 is 25.5 Å². The lowest BCUT2D eigenvalue weighted by atomic mass is 9.89. The number of phenols is 2. The highest BCUT2D eigenvalue weighted by Gasteiger charge is 2.45. The Labute approximate surface area is 185 Å². The van der Waals surface area contributed by atoms with Gasteiger partial charge in [0.1, 0.15) is 11.8 Å². The third-order valence-electron chi connectivity index (χ3n) is 5.27. The maximum Gasteiger partial charge on any atom is 0.353 e. The number of carbonyl (C=O) groups excluding carboxylic acids is 2. The van der Waals surface area contributed by atoms with E-state index in [9.17, 15) is 29.7 Å². The topological polar surface area (TPSA) is 149 Å². The lowest BCUT2D eigenvalue weighted by molar-refractivity contribution is -0.146. The first kappa shape index (κ1) is 21.3. The number of phenolic OH excluding ortho intramolecular Hbond substituents is 2. The second kappa shape index (κ2) is 8.31. The maximum absolute atomic E-state index is 12.3. The molecule has 1 aromatic carbocycles. The van der Waals surface area contributed by atoms with E-state index < -0.39 is 23.4 Å². The van der Waals surface area contributed by atoms with Gasteiger partial charge in [0, 0.05) is 30.2 Å². The van der Waals surface area contributed by atoms with Gasteiger partial charge in [-0.25, -0.2) is 4.79 Å². The molecule has 4 N–H and O–H groups in total. The molecule has 1 saturated heterocycles. The summed E-state index contributed by atoms with van der Waals surface area (Å²) >= 11 is 7.37. The molecule has 0 bridgehead atoms. The van der Waals surface area contributed by atoms with Crippen molar-refractivity contribution in [1.29, 1.82) is 0 Å². The Morgan fingerprint density at radius 1 is 1.32 bits per heavy atom. The number of benzene rings is 1. The van der Waals surface area contributed by atoms with Gasteiger partial charge in [0.05, 0.1) is 28.6 Å². The Hall–Kier alpha value is -2.92. The number of oxime groups is 1. The summed E-state index contributed by atoms with van der Waals surface area (Å²) in [5.41, 5.74) is 0.397. The molecule has 1 saturated carbocycles. The number of nitrogens with one attached hydrogen (secondary N) is 1. The van der Waals surface area contributed by atoms with Crippen LogP contribution in [0.25, 0.3) is 0 Å². The van der Waals surface area contributed by atoms with E-state index in [0.717, 1.165) is 0 Å². The maximum atomic E-state index is 12.3. The monoisotopic (exact) mass is 467 g/mol. The molecule has 2 aliphatic heterocycles. The smallest absolute Gasteiger partial charge is 0.353 e. The average molecular weight is 468 g/mol. The van der Waals surface area contributed by atoms with Gasteiger partial charge in [0.2, 0.25) is 5.91 Å². The number of carboxylic acid groups (broad SMARTS) is 1. The van der Waals surface area contributed by atoms with Crippen LogP contribution in [0.2, 0.25) is 5.02 Å². The van der Waals surface area contributed by atoms with Crippen LogP contribution in [0.5, 0.6) is 11.5 Å². The minimum Gasteiger partial charge on any atom is -0.504 e. The molecule has 31 heavy (non-hydrogen) atoms. The van der Waals surface area contributed by atoms with Crippen molar-refractivity contribution in [3.63, 3.8) is 0 Å². The molecule has 1 unspecified atom stereocenters. The highest BCUT2D eigenvalue weighted by atomic mass is 35.5. The first-order valence-corrected chi connectivity index (χ1v) is 10.8. The van der Waals surface area contributed by atoms with Crippen molar-refractivity contribution in [3.05, 3.63) is 34.0 Å². The first-order valence-electron chi connectivity index (χ1n) is 9.36. The normalized spacial score (nSPS) is 25.0. The van der Waals surface area contributed by atoms with Crippen molar-refractivity contribution in [1.82, 2.24) is 10.2 Å². The predicted molar refractivity (Wildman–Crippen MR) is 111 cm³/mol. The number of halogens is 1. The molecule has 10 nitrogen and oxygen atoms in total. The summed E-state index contributed by atoms with van der Waals surface area (Å²) in [6.07, 6.45) is 2.37. The Balaban J connectivity index is 1.30. The van der Waals surface area contributed by atoms with E-state index in [-0.39, 0.29) is 39.7 Å². The number of aromatic hydroxyl groups is 2. The fourth-order valence-corrected chi connectivity index (χ4v) is 4.94. The van der Waals surface area contributed by atoms with Gasteiger partial charge in [-0.15, -0.1) is 11.8 Å². The molecular weight excluding hydrogens is 450 g/mol. The Bertz CT molecular complexity index is 1020. The molecule has 2 heterocycles. The number of aliphatic carboxylic acids is 1. The summed E-state index contributed by atoms with van der Waals surface area (Å²) in [6.45, 7) is 0. The molecule has 0 aromatic heterocycles. The highest BCUT2D eigenvalue weighted by molar-refractivity contribution is 8.00. The number of nitrogens with zero attached hydrogens (tertiary/aromatic N) is 2. The quantitative estimate of drug-likeness (QED) is 0.213. The fraction of sp³-hybridized carbons (Fsp3) is 0.368. The highest BCUT2D eigenvalue weighted by Crippen LogP contribution is 2.39. The van der Waals surface area contributed by atoms with Crippen LogP contribution in [-0.2, 0) is 14.4 Å². The van der Waals surface area contributed by atoms with E-state index in [1.54, 1.807) is 0 Å². The summed E-state index contributed by atoms with van der Waals surface area (Å²) in [4.78, 5) is 42.2. The number of hydrogen-bond donors (Lipinski definition) is 4. The van der Waals surface area contributed by atoms with E-state index in [1.165, 1.54) is 35.0 Å². The predicted octanol–water partition coefficient (Wildman–Crippen LogP) is 1.66. The van der Waals surface area contributed by atoms with Crippen molar-refractivity contribution >= 4 is 47.4 Å². The van der Waals surface area contributed by atoms with E-state index in [0.29, 0.717) is 30.6 Å². The summed E-state index contributed by atoms with van der Waals surface area (Å²) in [5, 5.41) is 34.7. The number of fused-ring (bicyclic) bond motifs is 1. The van der Waals surface area contributed by atoms with Crippen LogP contribution in [0, 0.1) is 0 Å². The summed E-state index contributed by atoms with van der Waals surface area (Å²) < 4.78 is 0. The van der Waals surface area contributed by atoms with Crippen molar-refractivity contribution in [3.8, 4) is 11.5 Å². The van der Waals surface area contributed by atoms with Crippen LogP contribution in [0.1, 0.15) is 29.6 Å². The molecule has 4 rings (SSSR count). The van der Waals surface area contributed by atoms with E-state index >= 15 is 0 Å². The van der Waals surface area contributed by atoms with Crippen LogP contribution >= 0.6 is 23.4 Å². The van der Waals surface area contributed by atoms with E-state index in [2.05, 4.69) is 10.5 Å². The number of amides is 2. The molecular formula is C19H18ClN3O7S. The van der Waals surface area contributed by atoms with Crippen molar-refractivity contribution in [2.24, 2.45) is 5.16 Å². The lowest BCUT2D eigenvalue weighted by Gasteiger charge is -2.43. The standard InChI is InChI=1S/C19H18ClN3O7S/c20-15-11(1-2-12(24)17(15)26)18(27)22-9-3-10(4-9)30-21-6-8-7-31-14-5-13(25)23(14)16(8)19(28)29/h1-2,6,9-10,14,24,26H,3-5,7H2,(H,22,27)(H,28,29)/t9-,10-,14?. The Morgan fingerprint density at radius 2 is 2.06 bits per heavy atom. The summed E-state index contributed by atoms with van der Waals surface area (Å²) in [5.74, 6) is -2.43. The average Bonchev–Trinajstić information content (AvgIpc) is 2.69. The van der Waals surface area contributed by atoms with Crippen LogP contribution in [0.3, 0.4) is 0 Å². The van der Waals surface area contributed by atoms with E-state index in [1.807, 2.05) is 0 Å². The number of carboxylic acids is 1. The third kappa shape index (κ3) is 4.02. The Kier molecular flexibility index (Phi) is 5.71. The first-order chi connectivity index (χ1) is 14.8. The number of β-lactam (4-membered cyclic amide) rings is 1. The van der Waals surface area contributed by atoms with Crippen LogP contribution in [0.4, 0.5) is 0 Å². The molecule has 2 amide bonds. The number of rotatable bonds is 6. The minimum atomic E-state index is -1.18. The molecule has 0 radical (unpaired) electrons. The van der Waals surface area contributed by atoms with E-state index in [4.69, 9.17) is 16.4 Å². The van der Waals surface area contributed by atoms with Gasteiger partial charge in [0.25, 0.3) is 5.91 Å². The van der Waals surface area contributed by atoms with Crippen LogP contribution in [-0.4, -0.2) is 67.5 Å². The number of hydrogen-bond acceptors (Lipinski definition) is 8. The number of carbonyl (C=O) groups is 3. The molecule has 1 aromatic rings. The summed E-state index contributed by atoms with van der Waals surface area (Å²) in [7, 11) is 0. The van der Waals surface area contributed by atoms with Gasteiger partial charge in [0.15, 0.2) is 11.5 Å². The third-order valence-corrected chi connectivity index (χ3v) is 6.90. The van der Waals surface area contributed by atoms with Gasteiger partial charge in [-0.2, -0.15) is 0 Å². The molecule has 12 heteroatoms. The molecule has 1 aliphatic carbocycles. The van der Waals surface area contributed by atoms with Crippen LogP contribution in [0.15, 0.2) is 28.6 Å². The Morgan fingerprint density at radius 3 is 2.74 bits per heavy atom. The van der Waals surface area contributed by atoms with Crippen molar-refractivity contribution < 1.29 is 34.5 Å². The second-order valence-corrected chi connectivity index (χ2v) is 8.86. The van der Waals surface area contributed by atoms with Crippen molar-refractivity contribution in [2.45, 2.75) is 36.8 Å². The summed E-state index contributed by atoms with van der Waals surface area (Å²) in [6, 6.07) is 2.31. The minimum absolute atomic E-state index is 0.0427. The van der Waals surface area contributed by atoms with Crippen molar-refractivity contribution in [2.75, 3.05) is 5.75 Å². The molecule has 164 valence electrons. The zero-order valence-electron chi connectivity index (χ0n) is 15.9. The molecule has 0 spiro atoms. The fourth-order valence-electron chi connectivity index (χ4n) is 3.48. The molecule has 2 fully saturated rings. The molecule has 1 atom stereocenters. The molecule has 3 aliphatic rings. The SMILES string of the molecule is O=C(O)C1=C(C=NO[C@H]2C[C@H](NC(=O)c3ccc(O)c(O)c3Cl)C2)CSC2CC(=O)N12. The second-order valence-electron chi connectivity index (χ2n) is 7.31. The number of thioether (sulfide) groups is 1.